The number of hydrogen-bond donors (Lipinski definition) is 1. The molecule has 1 saturated carbocycles. The largest absolute Gasteiger partial charge is 0.462 e. The lowest BCUT2D eigenvalue weighted by molar-refractivity contribution is -0.146. The van der Waals surface area contributed by atoms with Crippen LogP contribution in [0.25, 0.3) is 0 Å². The normalized spacial score (nSPS) is 22.8. The Balaban J connectivity index is 1.54. The van der Waals surface area contributed by atoms with Gasteiger partial charge in [-0.25, -0.2) is 9.59 Å². The third-order valence-electron chi connectivity index (χ3n) is 9.78. The number of ether oxygens (including phenoxy) is 2. The van der Waals surface area contributed by atoms with E-state index in [-0.39, 0.29) is 35.4 Å². The Kier molecular flexibility index (Phi) is 11.7. The van der Waals surface area contributed by atoms with Crippen LogP contribution in [0.5, 0.6) is 0 Å². The molecule has 0 aromatic heterocycles. The van der Waals surface area contributed by atoms with Gasteiger partial charge in [0.25, 0.3) is 8.32 Å². The van der Waals surface area contributed by atoms with Gasteiger partial charge in [0, 0.05) is 18.2 Å². The first-order chi connectivity index (χ1) is 21.1. The molecule has 6 nitrogen and oxygen atoms in total. The fourth-order valence-electron chi connectivity index (χ4n) is 7.87. The Morgan fingerprint density at radius 2 is 1.43 bits per heavy atom. The average Bonchev–Trinajstić information content (AvgIpc) is 3.40. The SMILES string of the molecule is CCOC(=O)C(=CC[C@@H]1CCC[C@@]2(CCC[C@H]2[C@H](C)CO[Si](c2ccccc2)(c2ccccc2)C(C)(C)C)N1)C(=O)OCC. The van der Waals surface area contributed by atoms with Crippen molar-refractivity contribution < 1.29 is 23.5 Å². The molecule has 2 aromatic rings. The summed E-state index contributed by atoms with van der Waals surface area (Å²) < 4.78 is 17.7. The number of nitrogens with one attached hydrogen (secondary N) is 1. The zero-order valence-corrected chi connectivity index (χ0v) is 28.7. The quantitative estimate of drug-likeness (QED) is 0.0985. The molecule has 1 heterocycles. The molecule has 2 aromatic carbocycles. The van der Waals surface area contributed by atoms with Gasteiger partial charge in [-0.1, -0.05) is 107 Å². The fourth-order valence-corrected chi connectivity index (χ4v) is 12.5. The van der Waals surface area contributed by atoms with Crippen molar-refractivity contribution in [1.29, 1.82) is 0 Å². The molecule has 4 atom stereocenters. The lowest BCUT2D eigenvalue weighted by atomic mass is 9.73. The number of hydrogen-bond acceptors (Lipinski definition) is 6. The van der Waals surface area contributed by atoms with Gasteiger partial charge >= 0.3 is 11.9 Å². The predicted molar refractivity (Wildman–Crippen MR) is 180 cm³/mol. The Morgan fingerprint density at radius 3 is 1.93 bits per heavy atom. The number of benzene rings is 2. The molecule has 7 heteroatoms. The number of rotatable bonds is 12. The van der Waals surface area contributed by atoms with Gasteiger partial charge in [0.2, 0.25) is 0 Å². The minimum atomic E-state index is -2.61. The zero-order valence-electron chi connectivity index (χ0n) is 27.7. The smallest absolute Gasteiger partial charge is 0.345 e. The molecule has 0 unspecified atom stereocenters. The van der Waals surface area contributed by atoms with Gasteiger partial charge in [-0.05, 0) is 73.2 Å². The molecule has 0 amide bonds. The summed E-state index contributed by atoms with van der Waals surface area (Å²) in [6.45, 7) is 14.0. The van der Waals surface area contributed by atoms with Gasteiger partial charge in [-0.15, -0.1) is 0 Å². The molecule has 0 radical (unpaired) electrons. The van der Waals surface area contributed by atoms with E-state index < -0.39 is 20.3 Å². The second-order valence-electron chi connectivity index (χ2n) is 13.6. The van der Waals surface area contributed by atoms with E-state index in [1.807, 2.05) is 0 Å². The molecule has 2 aliphatic rings. The van der Waals surface area contributed by atoms with Crippen LogP contribution in [0.3, 0.4) is 0 Å². The van der Waals surface area contributed by atoms with Gasteiger partial charge in [0.15, 0.2) is 0 Å². The van der Waals surface area contributed by atoms with E-state index in [1.165, 1.54) is 23.2 Å². The molecule has 1 aliphatic heterocycles. The van der Waals surface area contributed by atoms with Gasteiger partial charge < -0.3 is 19.2 Å². The van der Waals surface area contributed by atoms with Crippen molar-refractivity contribution in [3.05, 3.63) is 72.3 Å². The van der Waals surface area contributed by atoms with E-state index in [0.717, 1.165) is 25.7 Å². The van der Waals surface area contributed by atoms with Crippen LogP contribution in [-0.2, 0) is 23.5 Å². The van der Waals surface area contributed by atoms with E-state index in [9.17, 15) is 9.59 Å². The Hall–Kier alpha value is -2.74. The summed E-state index contributed by atoms with van der Waals surface area (Å²) in [5.41, 5.74) is 0.0455. The van der Waals surface area contributed by atoms with Crippen molar-refractivity contribution in [1.82, 2.24) is 5.32 Å². The van der Waals surface area contributed by atoms with Crippen molar-refractivity contribution in [3.63, 3.8) is 0 Å². The lowest BCUT2D eigenvalue weighted by Gasteiger charge is -2.47. The molecule has 1 aliphatic carbocycles. The molecule has 1 N–H and O–H groups in total. The Morgan fingerprint density at radius 1 is 0.909 bits per heavy atom. The molecule has 44 heavy (non-hydrogen) atoms. The predicted octanol–water partition coefficient (Wildman–Crippen LogP) is 6.32. The Bertz CT molecular complexity index is 1200. The Labute approximate surface area is 266 Å². The van der Waals surface area contributed by atoms with Crippen LogP contribution < -0.4 is 15.7 Å². The zero-order chi connectivity index (χ0) is 31.8. The second-order valence-corrected chi connectivity index (χ2v) is 17.9. The molecule has 1 saturated heterocycles. The molecule has 1 spiro atoms. The van der Waals surface area contributed by atoms with Crippen LogP contribution in [0.4, 0.5) is 0 Å². The molecule has 4 rings (SSSR count). The highest BCUT2D eigenvalue weighted by atomic mass is 28.4. The first-order valence-corrected chi connectivity index (χ1v) is 18.6. The first-order valence-electron chi connectivity index (χ1n) is 16.6. The summed E-state index contributed by atoms with van der Waals surface area (Å²) in [5.74, 6) is -0.355. The van der Waals surface area contributed by atoms with E-state index in [1.54, 1.807) is 19.9 Å². The molecule has 2 fully saturated rings. The van der Waals surface area contributed by atoms with Crippen LogP contribution in [0.15, 0.2) is 72.3 Å². The van der Waals surface area contributed by atoms with Gasteiger partial charge in [-0.2, -0.15) is 0 Å². The molecular formula is C37H53NO5Si. The summed E-state index contributed by atoms with van der Waals surface area (Å²) in [4.78, 5) is 25.1. The highest BCUT2D eigenvalue weighted by Gasteiger charge is 2.52. The summed E-state index contributed by atoms with van der Waals surface area (Å²) >= 11 is 0. The first kappa shape index (κ1) is 34.1. The average molecular weight is 620 g/mol. The van der Waals surface area contributed by atoms with E-state index >= 15 is 0 Å². The van der Waals surface area contributed by atoms with Crippen molar-refractivity contribution in [2.24, 2.45) is 11.8 Å². The number of piperidine rings is 1. The van der Waals surface area contributed by atoms with Gasteiger partial charge in [-0.3, -0.25) is 0 Å². The lowest BCUT2D eigenvalue weighted by Crippen LogP contribution is -2.67. The van der Waals surface area contributed by atoms with Gasteiger partial charge in [0.1, 0.15) is 5.57 Å². The highest BCUT2D eigenvalue weighted by molar-refractivity contribution is 6.99. The maximum absolute atomic E-state index is 12.5. The fraction of sp³-hybridized carbons (Fsp3) is 0.568. The van der Waals surface area contributed by atoms with Crippen molar-refractivity contribution in [2.45, 2.75) is 103 Å². The standard InChI is InChI=1S/C37H53NO5Si/c1-7-41-34(39)32(35(40)42-8-2)24-23-29-17-15-25-37(38-29)26-16-22-33(37)28(3)27-43-44(36(4,5)6,30-18-11-9-12-19-30)31-20-13-10-14-21-31/h9-14,18-21,24,28-29,33,38H,7-8,15-17,22-23,25-27H2,1-6H3/t28-,29+,33+,37+/m1/s1. The second kappa shape index (κ2) is 15.0. The number of esters is 2. The third kappa shape index (κ3) is 7.38. The molecular weight excluding hydrogens is 566 g/mol. The summed E-state index contributed by atoms with van der Waals surface area (Å²) in [5, 5.41) is 6.63. The third-order valence-corrected chi connectivity index (χ3v) is 14.8. The van der Waals surface area contributed by atoms with Crippen LogP contribution in [0, 0.1) is 11.8 Å². The minimum absolute atomic E-state index is 0.00478. The summed E-state index contributed by atoms with van der Waals surface area (Å²) in [6, 6.07) is 22.0. The highest BCUT2D eigenvalue weighted by Crippen LogP contribution is 2.47. The van der Waals surface area contributed by atoms with Gasteiger partial charge in [0.05, 0.1) is 13.2 Å². The topological polar surface area (TPSA) is 73.9 Å². The van der Waals surface area contributed by atoms with Crippen LogP contribution in [-0.4, -0.2) is 51.7 Å². The van der Waals surface area contributed by atoms with E-state index in [2.05, 4.69) is 93.7 Å². The van der Waals surface area contributed by atoms with Crippen molar-refractivity contribution in [3.8, 4) is 0 Å². The minimum Gasteiger partial charge on any atom is -0.462 e. The van der Waals surface area contributed by atoms with E-state index in [4.69, 9.17) is 13.9 Å². The van der Waals surface area contributed by atoms with Crippen LogP contribution >= 0.6 is 0 Å². The summed E-state index contributed by atoms with van der Waals surface area (Å²) in [7, 11) is -2.61. The van der Waals surface area contributed by atoms with Crippen molar-refractivity contribution in [2.75, 3.05) is 19.8 Å². The van der Waals surface area contributed by atoms with Crippen LogP contribution in [0.1, 0.15) is 86.5 Å². The molecule has 240 valence electrons. The monoisotopic (exact) mass is 619 g/mol. The van der Waals surface area contributed by atoms with Crippen LogP contribution in [0.2, 0.25) is 5.04 Å². The maximum Gasteiger partial charge on any atom is 0.345 e. The number of carbonyl (C=O) groups excluding carboxylic acids is 2. The molecule has 0 bridgehead atoms. The van der Waals surface area contributed by atoms with Crippen molar-refractivity contribution >= 4 is 30.6 Å². The number of carbonyl (C=O) groups is 2. The van der Waals surface area contributed by atoms with E-state index in [0.29, 0.717) is 24.9 Å². The maximum atomic E-state index is 12.5. The summed E-state index contributed by atoms with van der Waals surface area (Å²) in [6.07, 6.45) is 9.11.